The van der Waals surface area contributed by atoms with Gasteiger partial charge in [0.25, 0.3) is 0 Å². The molecule has 1 aliphatic rings. The van der Waals surface area contributed by atoms with E-state index in [1.165, 1.54) is 64.2 Å². The number of hydrogen-bond acceptors (Lipinski definition) is 2. The van der Waals surface area contributed by atoms with Gasteiger partial charge >= 0.3 is 0 Å². The second kappa shape index (κ2) is 8.92. The molecular weight excluding hydrogens is 222 g/mol. The Bertz CT molecular complexity index is 197. The summed E-state index contributed by atoms with van der Waals surface area (Å²) >= 11 is 0. The highest BCUT2D eigenvalue weighted by molar-refractivity contribution is 4.88. The summed E-state index contributed by atoms with van der Waals surface area (Å²) < 4.78 is 6.17. The normalized spacial score (nSPS) is 28.5. The predicted octanol–water partition coefficient (Wildman–Crippen LogP) is 4.27. The van der Waals surface area contributed by atoms with E-state index in [0.717, 1.165) is 12.5 Å². The summed E-state index contributed by atoms with van der Waals surface area (Å²) in [5.41, 5.74) is 5.99. The van der Waals surface area contributed by atoms with E-state index in [-0.39, 0.29) is 5.60 Å². The smallest absolute Gasteiger partial charge is 0.0804 e. The Balaban J connectivity index is 2.17. The van der Waals surface area contributed by atoms with E-state index in [1.807, 2.05) is 0 Å². The molecule has 1 fully saturated rings. The minimum absolute atomic E-state index is 0.0242. The molecule has 0 heterocycles. The van der Waals surface area contributed by atoms with Crippen LogP contribution in [0, 0.1) is 5.92 Å². The van der Waals surface area contributed by atoms with Gasteiger partial charge < -0.3 is 10.5 Å². The van der Waals surface area contributed by atoms with Crippen molar-refractivity contribution >= 4 is 0 Å². The lowest BCUT2D eigenvalue weighted by Gasteiger charge is -2.39. The topological polar surface area (TPSA) is 35.2 Å². The van der Waals surface area contributed by atoms with Gasteiger partial charge in [-0.05, 0) is 38.0 Å². The van der Waals surface area contributed by atoms with Crippen molar-refractivity contribution in [1.82, 2.24) is 0 Å². The van der Waals surface area contributed by atoms with Gasteiger partial charge in [0.15, 0.2) is 0 Å². The lowest BCUT2D eigenvalue weighted by atomic mass is 9.77. The van der Waals surface area contributed by atoms with Crippen molar-refractivity contribution < 1.29 is 4.74 Å². The maximum Gasteiger partial charge on any atom is 0.0804 e. The lowest BCUT2D eigenvalue weighted by molar-refractivity contribution is -0.0726. The molecule has 0 bridgehead atoms. The molecule has 0 amide bonds. The minimum Gasteiger partial charge on any atom is -0.374 e. The van der Waals surface area contributed by atoms with E-state index in [4.69, 9.17) is 10.5 Å². The van der Waals surface area contributed by atoms with Crippen molar-refractivity contribution in [2.75, 3.05) is 13.2 Å². The van der Waals surface area contributed by atoms with Gasteiger partial charge in [-0.25, -0.2) is 0 Å². The highest BCUT2D eigenvalue weighted by Crippen LogP contribution is 2.35. The van der Waals surface area contributed by atoms with Crippen LogP contribution >= 0.6 is 0 Å². The lowest BCUT2D eigenvalue weighted by Crippen LogP contribution is -2.44. The van der Waals surface area contributed by atoms with Gasteiger partial charge in [0.1, 0.15) is 0 Å². The molecule has 1 saturated carbocycles. The molecule has 0 aliphatic heterocycles. The molecule has 2 heteroatoms. The fourth-order valence-electron chi connectivity index (χ4n) is 3.01. The third kappa shape index (κ3) is 5.27. The highest BCUT2D eigenvalue weighted by atomic mass is 16.5. The summed E-state index contributed by atoms with van der Waals surface area (Å²) in [5.74, 6) is 0.915. The van der Waals surface area contributed by atoms with Crippen molar-refractivity contribution in [3.05, 3.63) is 0 Å². The van der Waals surface area contributed by atoms with Crippen molar-refractivity contribution in [3.8, 4) is 0 Å². The van der Waals surface area contributed by atoms with Gasteiger partial charge in [0.2, 0.25) is 0 Å². The first-order valence-corrected chi connectivity index (χ1v) is 8.10. The maximum absolute atomic E-state index is 6.17. The van der Waals surface area contributed by atoms with Crippen LogP contribution in [0.2, 0.25) is 0 Å². The Hall–Kier alpha value is -0.0800. The first-order valence-electron chi connectivity index (χ1n) is 8.10. The average molecular weight is 255 g/mol. The average Bonchev–Trinajstić information content (AvgIpc) is 2.43. The van der Waals surface area contributed by atoms with Crippen LogP contribution in [0.1, 0.15) is 78.1 Å². The number of ether oxygens (including phenoxy) is 1. The molecule has 1 rings (SSSR count). The van der Waals surface area contributed by atoms with Gasteiger partial charge in [-0.1, -0.05) is 46.0 Å². The zero-order chi connectivity index (χ0) is 13.3. The zero-order valence-electron chi connectivity index (χ0n) is 12.5. The maximum atomic E-state index is 6.17. The second-order valence-corrected chi connectivity index (χ2v) is 6.00. The molecule has 2 N–H and O–H groups in total. The van der Waals surface area contributed by atoms with E-state index in [1.54, 1.807) is 0 Å². The molecular formula is C16H33NO. The standard InChI is InChI=1S/C16H33NO/c1-3-5-6-7-8-13-18-16(14-17)11-9-15(4-2)10-12-16/h15H,3-14,17H2,1-2H3. The molecule has 108 valence electrons. The van der Waals surface area contributed by atoms with Gasteiger partial charge in [-0.2, -0.15) is 0 Å². The monoisotopic (exact) mass is 255 g/mol. The first-order chi connectivity index (χ1) is 8.76. The van der Waals surface area contributed by atoms with Gasteiger partial charge in [-0.3, -0.25) is 0 Å². The molecule has 0 unspecified atom stereocenters. The van der Waals surface area contributed by atoms with Gasteiger partial charge in [0.05, 0.1) is 5.60 Å². The van der Waals surface area contributed by atoms with Crippen LogP contribution in [0.15, 0.2) is 0 Å². The van der Waals surface area contributed by atoms with Crippen LogP contribution in [0.4, 0.5) is 0 Å². The van der Waals surface area contributed by atoms with E-state index < -0.39 is 0 Å². The molecule has 0 atom stereocenters. The highest BCUT2D eigenvalue weighted by Gasteiger charge is 2.34. The SMILES string of the molecule is CCCCCCCOC1(CN)CCC(CC)CC1. The molecule has 0 radical (unpaired) electrons. The summed E-state index contributed by atoms with van der Waals surface area (Å²) in [6.07, 6.45) is 12.8. The zero-order valence-corrected chi connectivity index (χ0v) is 12.5. The molecule has 0 aromatic carbocycles. The molecule has 2 nitrogen and oxygen atoms in total. The number of unbranched alkanes of at least 4 members (excludes halogenated alkanes) is 4. The summed E-state index contributed by atoms with van der Waals surface area (Å²) in [5, 5.41) is 0. The third-order valence-electron chi connectivity index (χ3n) is 4.62. The number of nitrogens with two attached hydrogens (primary N) is 1. The predicted molar refractivity (Wildman–Crippen MR) is 78.7 cm³/mol. The molecule has 0 aromatic heterocycles. The van der Waals surface area contributed by atoms with Crippen molar-refractivity contribution in [3.63, 3.8) is 0 Å². The Morgan fingerprint density at radius 1 is 1.06 bits per heavy atom. The quantitative estimate of drug-likeness (QED) is 0.624. The van der Waals surface area contributed by atoms with Crippen LogP contribution in [0.3, 0.4) is 0 Å². The van der Waals surface area contributed by atoms with Gasteiger partial charge in [0, 0.05) is 13.2 Å². The van der Waals surface area contributed by atoms with Gasteiger partial charge in [-0.15, -0.1) is 0 Å². The van der Waals surface area contributed by atoms with Crippen LogP contribution < -0.4 is 5.73 Å². The Kier molecular flexibility index (Phi) is 7.92. The minimum atomic E-state index is 0.0242. The Morgan fingerprint density at radius 3 is 2.28 bits per heavy atom. The molecule has 18 heavy (non-hydrogen) atoms. The molecule has 1 aliphatic carbocycles. The summed E-state index contributed by atoms with van der Waals surface area (Å²) in [4.78, 5) is 0. The molecule has 0 saturated heterocycles. The van der Waals surface area contributed by atoms with E-state index in [0.29, 0.717) is 6.54 Å². The van der Waals surface area contributed by atoms with Crippen molar-refractivity contribution in [1.29, 1.82) is 0 Å². The summed E-state index contributed by atoms with van der Waals surface area (Å²) in [6.45, 7) is 6.18. The van der Waals surface area contributed by atoms with Crippen LogP contribution in [0.25, 0.3) is 0 Å². The largest absolute Gasteiger partial charge is 0.374 e. The van der Waals surface area contributed by atoms with Crippen LogP contribution in [-0.2, 0) is 4.74 Å². The summed E-state index contributed by atoms with van der Waals surface area (Å²) in [7, 11) is 0. The van der Waals surface area contributed by atoms with Crippen molar-refractivity contribution in [2.24, 2.45) is 11.7 Å². The van der Waals surface area contributed by atoms with Crippen LogP contribution in [0.5, 0.6) is 0 Å². The van der Waals surface area contributed by atoms with Crippen molar-refractivity contribution in [2.45, 2.75) is 83.7 Å². The van der Waals surface area contributed by atoms with E-state index in [9.17, 15) is 0 Å². The molecule has 0 spiro atoms. The summed E-state index contributed by atoms with van der Waals surface area (Å²) in [6, 6.07) is 0. The fraction of sp³-hybridized carbons (Fsp3) is 1.00. The second-order valence-electron chi connectivity index (χ2n) is 6.00. The Labute approximate surface area is 114 Å². The first kappa shape index (κ1) is 16.0. The Morgan fingerprint density at radius 2 is 1.72 bits per heavy atom. The van der Waals surface area contributed by atoms with E-state index in [2.05, 4.69) is 13.8 Å². The van der Waals surface area contributed by atoms with E-state index >= 15 is 0 Å². The molecule has 0 aromatic rings. The number of hydrogen-bond donors (Lipinski definition) is 1. The van der Waals surface area contributed by atoms with Crippen LogP contribution in [-0.4, -0.2) is 18.8 Å². The third-order valence-corrected chi connectivity index (χ3v) is 4.62. The fourth-order valence-corrected chi connectivity index (χ4v) is 3.01. The number of rotatable bonds is 9.